The van der Waals surface area contributed by atoms with Crippen LogP contribution in [0, 0.1) is 55.4 Å². The van der Waals surface area contributed by atoms with Gasteiger partial charge in [0, 0.05) is 128 Å². The van der Waals surface area contributed by atoms with Crippen molar-refractivity contribution in [3.05, 3.63) is 239 Å². The number of nitrogens with zero attached hydrogens (tertiary/aromatic N) is 14. The third-order valence-electron chi connectivity index (χ3n) is 21.5. The molecule has 121 heavy (non-hydrogen) atoms. The number of aliphatic hydroxyl groups excluding tert-OH is 2. The molecule has 0 amide bonds. The average Bonchev–Trinajstić information content (AvgIpc) is 1.10. The van der Waals surface area contributed by atoms with E-state index in [-0.39, 0.29) is 23.9 Å². The normalized spacial score (nSPS) is 14.0. The largest absolute Gasteiger partial charge is 0.492 e. The number of unbranched alkanes of at least 4 members (excludes halogenated alkanes) is 1. The van der Waals surface area contributed by atoms with Crippen LogP contribution in [0.3, 0.4) is 0 Å². The van der Waals surface area contributed by atoms with Gasteiger partial charge in [0.05, 0.1) is 103 Å². The molecule has 2 saturated heterocycles. The van der Waals surface area contributed by atoms with Crippen molar-refractivity contribution in [3.63, 3.8) is 0 Å². The van der Waals surface area contributed by atoms with Crippen LogP contribution in [0.25, 0.3) is 111 Å². The van der Waals surface area contributed by atoms with Crippen molar-refractivity contribution < 1.29 is 42.1 Å². The van der Waals surface area contributed by atoms with E-state index >= 15 is 0 Å². The van der Waals surface area contributed by atoms with Gasteiger partial charge in [0.2, 0.25) is 0 Å². The van der Waals surface area contributed by atoms with Crippen LogP contribution in [-0.4, -0.2) is 175 Å². The highest BCUT2D eigenvalue weighted by atomic mass is 16.5. The summed E-state index contributed by atoms with van der Waals surface area (Å²) in [6, 6.07) is 29.9. The van der Waals surface area contributed by atoms with Crippen LogP contribution >= 0.6 is 0 Å². The van der Waals surface area contributed by atoms with Gasteiger partial charge in [-0.3, -0.25) is 29.7 Å². The van der Waals surface area contributed by atoms with Crippen LogP contribution in [0.4, 0.5) is 0 Å². The Morgan fingerprint density at radius 2 is 0.793 bits per heavy atom. The summed E-state index contributed by atoms with van der Waals surface area (Å²) < 4.78 is 47.4. The molecule has 0 unspecified atom stereocenters. The molecule has 29 heteroatoms. The second kappa shape index (κ2) is 36.5. The number of piperidine rings is 1. The number of aryl methyl sites for hydroxylation is 9. The fraction of sp³-hybridized carbons (Fsp3) is 0.348. The molecule has 4 aromatic carbocycles. The Bertz CT molecular complexity index is 6560. The number of ether oxygens (including phenoxy) is 3. The van der Waals surface area contributed by atoms with E-state index in [4.69, 9.17) is 31.9 Å². The molecule has 0 aliphatic carbocycles. The average molecular weight is 1640 g/mol. The van der Waals surface area contributed by atoms with Crippen molar-refractivity contribution in [1.82, 2.24) is 77.9 Å². The van der Waals surface area contributed by atoms with Gasteiger partial charge in [-0.25, -0.2) is 39.1 Å². The number of hydrogen-bond donors (Lipinski definition) is 4. The van der Waals surface area contributed by atoms with Gasteiger partial charge in [0.15, 0.2) is 22.6 Å². The first-order valence-electron chi connectivity index (χ1n) is 41.0. The molecule has 29 nitrogen and oxygen atoms in total. The number of imidazole rings is 4. The van der Waals surface area contributed by atoms with Crippen molar-refractivity contribution in [2.45, 2.75) is 126 Å². The van der Waals surface area contributed by atoms with E-state index in [2.05, 4.69) is 66.4 Å². The van der Waals surface area contributed by atoms with E-state index in [0.29, 0.717) is 123 Å². The summed E-state index contributed by atoms with van der Waals surface area (Å²) in [4.78, 5) is 91.4. The smallest absolute Gasteiger partial charge is 0.345 e. The number of rotatable bonds is 23. The third-order valence-corrected chi connectivity index (χ3v) is 21.5. The molecule has 12 aromatic heterocycles. The Hall–Kier alpha value is -12.6. The lowest BCUT2D eigenvalue weighted by Gasteiger charge is -2.26. The molecule has 2 fully saturated rings. The van der Waals surface area contributed by atoms with E-state index in [1.165, 1.54) is 24.8 Å². The highest BCUT2D eigenvalue weighted by Crippen LogP contribution is 2.31. The zero-order valence-electron chi connectivity index (χ0n) is 70.0. The molecule has 16 aromatic rings. The number of fused-ring (bicyclic) bond motifs is 8. The fourth-order valence-electron chi connectivity index (χ4n) is 15.3. The molecule has 0 saturated carbocycles. The van der Waals surface area contributed by atoms with Gasteiger partial charge in [0.1, 0.15) is 59.4 Å². The monoisotopic (exact) mass is 1640 g/mol. The molecule has 626 valence electrons. The molecule has 4 N–H and O–H groups in total. The molecule has 0 radical (unpaired) electrons. The van der Waals surface area contributed by atoms with Crippen LogP contribution in [0.2, 0.25) is 0 Å². The molecular formula is C92H100N16O13. The summed E-state index contributed by atoms with van der Waals surface area (Å²) in [6.07, 6.45) is 22.5. The quantitative estimate of drug-likeness (QED) is 0.0341. The van der Waals surface area contributed by atoms with Crippen molar-refractivity contribution >= 4 is 66.5 Å². The van der Waals surface area contributed by atoms with Gasteiger partial charge in [0.25, 0.3) is 0 Å². The molecule has 2 aliphatic heterocycles. The minimum atomic E-state index is -0.457. The van der Waals surface area contributed by atoms with Crippen molar-refractivity contribution in [1.29, 1.82) is 0 Å². The molecule has 14 heterocycles. The SMILES string of the molecule is CNCCCCc1ccc2cc(-c3cn4cc(C)nc(C)c4n3)c(=O)oc2c1.Cc1cn2cc(-c3cc4ccc(OCCN5CCCCC5)cc4oc3=O)nc2c(C)n1.Cc1cn2cc(-c3cc4ccc(OCCN5CC[C@H](O)C5)cc4oc3=O)nc2c(C)n1.Cc1cn2cc(-c3cc4ccc(OCCNC(C)(C)CO)cc4oc3=O)nc2c(C)n1. The van der Waals surface area contributed by atoms with Crippen molar-refractivity contribution in [2.75, 3.05) is 85.8 Å². The zero-order chi connectivity index (χ0) is 84.8. The summed E-state index contributed by atoms with van der Waals surface area (Å²) in [5, 5.41) is 28.6. The summed E-state index contributed by atoms with van der Waals surface area (Å²) >= 11 is 0. The van der Waals surface area contributed by atoms with Crippen molar-refractivity contribution in [2.24, 2.45) is 0 Å². The molecule has 2 aliphatic rings. The Labute approximate surface area is 696 Å². The highest BCUT2D eigenvalue weighted by Gasteiger charge is 2.23. The molecule has 1 atom stereocenters. The Kier molecular flexibility index (Phi) is 25.2. The second-order valence-corrected chi connectivity index (χ2v) is 31.8. The number of benzene rings is 4. The lowest BCUT2D eigenvalue weighted by atomic mass is 10.1. The minimum Gasteiger partial charge on any atom is -0.492 e. The van der Waals surface area contributed by atoms with E-state index in [9.17, 15) is 29.4 Å². The zero-order valence-corrected chi connectivity index (χ0v) is 70.0. The maximum absolute atomic E-state index is 12.7. The van der Waals surface area contributed by atoms with E-state index in [0.717, 1.165) is 149 Å². The third kappa shape index (κ3) is 19.8. The number of aliphatic hydroxyl groups is 2. The number of nitrogens with one attached hydrogen (secondary N) is 2. The topological polar surface area (TPSA) is 340 Å². The molecule has 0 bridgehead atoms. The number of likely N-dealkylation sites (tertiary alicyclic amines) is 2. The Morgan fingerprint density at radius 1 is 0.430 bits per heavy atom. The van der Waals surface area contributed by atoms with Crippen LogP contribution in [-0.2, 0) is 6.42 Å². The first-order valence-corrected chi connectivity index (χ1v) is 41.0. The van der Waals surface area contributed by atoms with E-state index in [1.54, 1.807) is 30.3 Å². The van der Waals surface area contributed by atoms with Gasteiger partial charge < -0.3 is 70.3 Å². The molecule has 18 rings (SSSR count). The highest BCUT2D eigenvalue weighted by molar-refractivity contribution is 5.86. The van der Waals surface area contributed by atoms with Crippen LogP contribution in [0.1, 0.15) is 103 Å². The van der Waals surface area contributed by atoms with E-state index < -0.39 is 16.9 Å². The van der Waals surface area contributed by atoms with Crippen LogP contribution in [0.15, 0.2) is 183 Å². The fourth-order valence-corrected chi connectivity index (χ4v) is 15.3. The lowest BCUT2D eigenvalue weighted by molar-refractivity contribution is 0.167. The number of hydrogen-bond acceptors (Lipinski definition) is 25. The molecular weight excluding hydrogens is 1540 g/mol. The minimum absolute atomic E-state index is 0.0401. The summed E-state index contributed by atoms with van der Waals surface area (Å²) in [5.74, 6) is 1.97. The van der Waals surface area contributed by atoms with Crippen molar-refractivity contribution in [3.8, 4) is 62.3 Å². The van der Waals surface area contributed by atoms with Gasteiger partial charge >= 0.3 is 22.5 Å². The maximum atomic E-state index is 12.7. The van der Waals surface area contributed by atoms with Crippen LogP contribution < -0.4 is 47.3 Å². The summed E-state index contributed by atoms with van der Waals surface area (Å²) in [7, 11) is 1.96. The standard InChI is InChI=1S/C24H26N4O3.C23H24N4O4.C23H26N4O4.C22H24N4O2/c1-16-14-28-15-21(26-23(28)17(2)25-16)20-12-18-6-7-19(13-22(18)31-24(20)29)30-11-10-27-8-4-3-5-9-27;1-14-11-27-13-20(25-22(27)15(2)24-14)19-9-16-3-4-18(10-21(16)31-23(19)29)30-8-7-26-6-5-17(28)12-26;1-14-11-27-12-19(26-21(27)15(2)25-14)18-9-16-5-6-17(10-20(16)31-22(18)29)30-8-7-24-23(3,4)13-28;1-14-12-26-13-19(25-21(26)15(2)24-14)18-11-17-8-7-16(6-4-5-9-23-3)10-20(17)28-22(18)27/h6-7,12-15H,3-5,8-11H2,1-2H3;3-4,9-11,13,17,28H,5-8,12H2,1-2H3;5-6,9-12,24,28H,7-8,13H2,1-4H3;7-8,10-13,23H,4-6,9H2,1-3H3/t;17-;;/m.0../s1. The van der Waals surface area contributed by atoms with Gasteiger partial charge in [-0.1, -0.05) is 18.6 Å². The summed E-state index contributed by atoms with van der Waals surface area (Å²) in [5.41, 5.74) is 14.9. The first-order chi connectivity index (χ1) is 58.3. The first kappa shape index (κ1) is 83.4. The predicted octanol–water partition coefficient (Wildman–Crippen LogP) is 13.1. The molecule has 0 spiro atoms. The lowest BCUT2D eigenvalue weighted by Crippen LogP contribution is -2.44. The summed E-state index contributed by atoms with van der Waals surface area (Å²) in [6.45, 7) is 27.9. The Balaban J connectivity index is 0.000000126. The van der Waals surface area contributed by atoms with Gasteiger partial charge in [-0.05, 0) is 207 Å². The number of aromatic nitrogens is 12. The Morgan fingerprint density at radius 3 is 1.16 bits per heavy atom. The maximum Gasteiger partial charge on any atom is 0.345 e. The van der Waals surface area contributed by atoms with Gasteiger partial charge in [-0.2, -0.15) is 0 Å². The predicted molar refractivity (Wildman–Crippen MR) is 466 cm³/mol. The van der Waals surface area contributed by atoms with Crippen LogP contribution in [0.5, 0.6) is 17.2 Å². The van der Waals surface area contributed by atoms with Gasteiger partial charge in [-0.15, -0.1) is 0 Å². The second-order valence-electron chi connectivity index (χ2n) is 31.8. The number of β-amino-alcohol motifs (C(OH)–C–C–N with tert-alkyl or cyclic N) is 1. The van der Waals surface area contributed by atoms with E-state index in [1.807, 2.05) is 204 Å².